The van der Waals surface area contributed by atoms with Crippen LogP contribution < -0.4 is 5.73 Å². The van der Waals surface area contributed by atoms with Crippen LogP contribution in [-0.2, 0) is 9.53 Å². The average molecular weight is 230 g/mol. The third-order valence-electron chi connectivity index (χ3n) is 2.51. The summed E-state index contributed by atoms with van der Waals surface area (Å²) in [6, 6.07) is 0. The van der Waals surface area contributed by atoms with Crippen LogP contribution in [0.15, 0.2) is 0 Å². The average Bonchev–Trinajstić information content (AvgIpc) is 2.65. The molecule has 0 aromatic heterocycles. The van der Waals surface area contributed by atoms with Crippen molar-refractivity contribution < 1.29 is 9.53 Å². The maximum absolute atomic E-state index is 11.7. The third kappa shape index (κ3) is 4.13. The van der Waals surface area contributed by atoms with Gasteiger partial charge in [-0.15, -0.1) is 0 Å². The number of hydrogen-bond donors (Lipinski definition) is 1. The van der Waals surface area contributed by atoms with Gasteiger partial charge in [-0.05, 0) is 19.8 Å². The number of carbonyl (C=O) groups excluding carboxylic acids is 1. The minimum Gasteiger partial charge on any atom is -0.393 e. The van der Waals surface area contributed by atoms with E-state index in [0.29, 0.717) is 13.1 Å². The van der Waals surface area contributed by atoms with Gasteiger partial charge in [0.15, 0.2) is 0 Å². The first kappa shape index (κ1) is 12.4. The van der Waals surface area contributed by atoms with Crippen molar-refractivity contribution in [1.29, 1.82) is 0 Å². The molecule has 0 bridgehead atoms. The van der Waals surface area contributed by atoms with Crippen LogP contribution >= 0.6 is 12.2 Å². The molecule has 4 nitrogen and oxygen atoms in total. The highest BCUT2D eigenvalue weighted by Gasteiger charge is 2.21. The van der Waals surface area contributed by atoms with Gasteiger partial charge in [0.25, 0.3) is 0 Å². The fraction of sp³-hybridized carbons (Fsp3) is 0.800. The lowest BCUT2D eigenvalue weighted by molar-refractivity contribution is -0.131. The van der Waals surface area contributed by atoms with E-state index in [1.807, 2.05) is 6.92 Å². The zero-order chi connectivity index (χ0) is 11.3. The highest BCUT2D eigenvalue weighted by Crippen LogP contribution is 2.13. The number of amides is 1. The second-order valence-corrected chi connectivity index (χ2v) is 4.23. The van der Waals surface area contributed by atoms with Crippen LogP contribution in [0.5, 0.6) is 0 Å². The Bertz CT molecular complexity index is 240. The molecule has 1 heterocycles. The van der Waals surface area contributed by atoms with Crippen molar-refractivity contribution in [2.75, 3.05) is 19.7 Å². The second-order valence-electron chi connectivity index (χ2n) is 3.71. The summed E-state index contributed by atoms with van der Waals surface area (Å²) in [7, 11) is 0. The van der Waals surface area contributed by atoms with Crippen molar-refractivity contribution >= 4 is 23.1 Å². The molecule has 1 aliphatic heterocycles. The van der Waals surface area contributed by atoms with Crippen molar-refractivity contribution in [3.8, 4) is 0 Å². The van der Waals surface area contributed by atoms with Crippen LogP contribution in [0.25, 0.3) is 0 Å². The summed E-state index contributed by atoms with van der Waals surface area (Å²) in [5.41, 5.74) is 5.35. The molecule has 0 spiro atoms. The SMILES string of the molecule is CCN(CC1CCCO1)C(=O)CC(N)=S. The summed E-state index contributed by atoms with van der Waals surface area (Å²) in [6.07, 6.45) is 2.48. The van der Waals surface area contributed by atoms with Gasteiger partial charge in [0, 0.05) is 19.7 Å². The molecule has 0 radical (unpaired) electrons. The quantitative estimate of drug-likeness (QED) is 0.706. The van der Waals surface area contributed by atoms with Crippen molar-refractivity contribution in [3.05, 3.63) is 0 Å². The fourth-order valence-electron chi connectivity index (χ4n) is 1.70. The first-order valence-corrected chi connectivity index (χ1v) is 5.72. The van der Waals surface area contributed by atoms with Crippen molar-refractivity contribution in [2.24, 2.45) is 5.73 Å². The number of nitrogens with two attached hydrogens (primary N) is 1. The van der Waals surface area contributed by atoms with Crippen LogP contribution in [0.3, 0.4) is 0 Å². The Morgan fingerprint density at radius 1 is 1.67 bits per heavy atom. The Morgan fingerprint density at radius 3 is 2.87 bits per heavy atom. The molecule has 2 N–H and O–H groups in total. The van der Waals surface area contributed by atoms with Gasteiger partial charge in [-0.3, -0.25) is 4.79 Å². The molecular weight excluding hydrogens is 212 g/mol. The largest absolute Gasteiger partial charge is 0.393 e. The third-order valence-corrected chi connectivity index (χ3v) is 2.65. The number of thiocarbonyl (C=S) groups is 1. The van der Waals surface area contributed by atoms with Gasteiger partial charge in [-0.1, -0.05) is 12.2 Å². The minimum absolute atomic E-state index is 0.000463. The van der Waals surface area contributed by atoms with E-state index < -0.39 is 0 Å². The van der Waals surface area contributed by atoms with E-state index >= 15 is 0 Å². The van der Waals surface area contributed by atoms with Crippen LogP contribution in [0.2, 0.25) is 0 Å². The zero-order valence-corrected chi connectivity index (χ0v) is 9.89. The molecule has 0 aliphatic carbocycles. The Hall–Kier alpha value is -0.680. The first-order valence-electron chi connectivity index (χ1n) is 5.31. The van der Waals surface area contributed by atoms with E-state index in [2.05, 4.69) is 0 Å². The number of hydrogen-bond acceptors (Lipinski definition) is 3. The van der Waals surface area contributed by atoms with Gasteiger partial charge in [0.1, 0.15) is 0 Å². The van der Waals surface area contributed by atoms with Gasteiger partial charge in [-0.2, -0.15) is 0 Å². The van der Waals surface area contributed by atoms with Gasteiger partial charge in [-0.25, -0.2) is 0 Å². The Balaban J connectivity index is 2.39. The summed E-state index contributed by atoms with van der Waals surface area (Å²) < 4.78 is 5.48. The molecule has 0 saturated carbocycles. The molecule has 1 rings (SSSR count). The monoisotopic (exact) mass is 230 g/mol. The van der Waals surface area contributed by atoms with E-state index in [4.69, 9.17) is 22.7 Å². The number of ether oxygens (including phenoxy) is 1. The summed E-state index contributed by atoms with van der Waals surface area (Å²) in [5, 5.41) is 0. The van der Waals surface area contributed by atoms with Gasteiger partial charge in [0.05, 0.1) is 17.5 Å². The van der Waals surface area contributed by atoms with E-state index in [1.165, 1.54) is 0 Å². The Morgan fingerprint density at radius 2 is 2.40 bits per heavy atom. The maximum Gasteiger partial charge on any atom is 0.229 e. The van der Waals surface area contributed by atoms with Crippen LogP contribution in [0, 0.1) is 0 Å². The predicted octanol–water partition coefficient (Wildman–Crippen LogP) is 0.690. The molecular formula is C10H18N2O2S. The molecule has 1 amide bonds. The Labute approximate surface area is 95.8 Å². The second kappa shape index (κ2) is 6.02. The summed E-state index contributed by atoms with van der Waals surface area (Å²) >= 11 is 4.72. The number of likely N-dealkylation sites (N-methyl/N-ethyl adjacent to an activating group) is 1. The zero-order valence-electron chi connectivity index (χ0n) is 9.07. The van der Waals surface area contributed by atoms with E-state index in [0.717, 1.165) is 19.4 Å². The summed E-state index contributed by atoms with van der Waals surface area (Å²) in [5.74, 6) is 0.000463. The maximum atomic E-state index is 11.7. The van der Waals surface area contributed by atoms with Crippen LogP contribution in [0.1, 0.15) is 26.2 Å². The topological polar surface area (TPSA) is 55.6 Å². The molecule has 1 fully saturated rings. The number of rotatable bonds is 5. The van der Waals surface area contributed by atoms with Crippen molar-refractivity contribution in [2.45, 2.75) is 32.3 Å². The molecule has 1 atom stereocenters. The molecule has 1 unspecified atom stereocenters. The highest BCUT2D eigenvalue weighted by molar-refractivity contribution is 7.80. The smallest absolute Gasteiger partial charge is 0.229 e. The molecule has 5 heteroatoms. The molecule has 0 aromatic rings. The van der Waals surface area contributed by atoms with Gasteiger partial charge < -0.3 is 15.4 Å². The van der Waals surface area contributed by atoms with Gasteiger partial charge >= 0.3 is 0 Å². The minimum atomic E-state index is 0.000463. The lowest BCUT2D eigenvalue weighted by Crippen LogP contribution is -2.38. The molecule has 1 aliphatic rings. The molecule has 0 aromatic carbocycles. The Kier molecular flexibility index (Phi) is 4.98. The summed E-state index contributed by atoms with van der Waals surface area (Å²) in [4.78, 5) is 13.7. The van der Waals surface area contributed by atoms with E-state index in [-0.39, 0.29) is 23.4 Å². The van der Waals surface area contributed by atoms with E-state index in [9.17, 15) is 4.79 Å². The first-order chi connectivity index (χ1) is 7.13. The molecule has 1 saturated heterocycles. The predicted molar refractivity (Wildman–Crippen MR) is 62.6 cm³/mol. The number of nitrogens with zero attached hydrogens (tertiary/aromatic N) is 1. The fourth-order valence-corrected chi connectivity index (χ4v) is 1.83. The molecule has 86 valence electrons. The lowest BCUT2D eigenvalue weighted by atomic mass is 10.2. The summed E-state index contributed by atoms with van der Waals surface area (Å²) in [6.45, 7) is 4.11. The van der Waals surface area contributed by atoms with Crippen LogP contribution in [-0.4, -0.2) is 41.6 Å². The molecule has 15 heavy (non-hydrogen) atoms. The normalized spacial score (nSPS) is 20.2. The van der Waals surface area contributed by atoms with Crippen molar-refractivity contribution in [3.63, 3.8) is 0 Å². The highest BCUT2D eigenvalue weighted by atomic mass is 32.1. The van der Waals surface area contributed by atoms with E-state index in [1.54, 1.807) is 4.90 Å². The lowest BCUT2D eigenvalue weighted by Gasteiger charge is -2.23. The van der Waals surface area contributed by atoms with Crippen molar-refractivity contribution in [1.82, 2.24) is 4.90 Å². The van der Waals surface area contributed by atoms with Crippen LogP contribution in [0.4, 0.5) is 0 Å². The number of carbonyl (C=O) groups is 1. The van der Waals surface area contributed by atoms with Gasteiger partial charge in [0.2, 0.25) is 5.91 Å². The standard InChI is InChI=1S/C10H18N2O2S/c1-2-12(10(13)6-9(11)15)7-8-4-3-5-14-8/h8H,2-7H2,1H3,(H2,11,15).